The Morgan fingerprint density at radius 2 is 1.97 bits per heavy atom. The number of amides is 1. The van der Waals surface area contributed by atoms with E-state index in [9.17, 15) is 20.3 Å². The number of benzene rings is 2. The van der Waals surface area contributed by atoms with Crippen LogP contribution in [0.4, 0.5) is 5.69 Å². The third-order valence-electron chi connectivity index (χ3n) is 4.93. The highest BCUT2D eigenvalue weighted by Gasteiger charge is 2.30. The van der Waals surface area contributed by atoms with Crippen LogP contribution in [0.25, 0.3) is 0 Å². The van der Waals surface area contributed by atoms with Gasteiger partial charge in [-0.25, -0.2) is 4.99 Å². The van der Waals surface area contributed by atoms with Gasteiger partial charge in [0.05, 0.1) is 17.1 Å². The maximum atomic E-state index is 13.0. The molecule has 0 saturated heterocycles. The molecular weight excluding hydrogens is 412 g/mol. The molecule has 9 heteroatoms. The van der Waals surface area contributed by atoms with Crippen LogP contribution in [0.2, 0.25) is 0 Å². The summed E-state index contributed by atoms with van der Waals surface area (Å²) in [6.45, 7) is 3.17. The monoisotopic (exact) mass is 438 g/mol. The van der Waals surface area contributed by atoms with E-state index in [1.807, 2.05) is 25.1 Å². The summed E-state index contributed by atoms with van der Waals surface area (Å²) in [5, 5.41) is 28.4. The zero-order valence-electron chi connectivity index (χ0n) is 17.8. The van der Waals surface area contributed by atoms with E-state index in [0.29, 0.717) is 37.4 Å². The van der Waals surface area contributed by atoms with Gasteiger partial charge in [0.15, 0.2) is 23.0 Å². The van der Waals surface area contributed by atoms with Crippen molar-refractivity contribution in [1.29, 1.82) is 5.26 Å². The maximum Gasteiger partial charge on any atom is 0.267 e. The number of aromatic hydroxyl groups is 2. The average Bonchev–Trinajstić information content (AvgIpc) is 2.80. The summed E-state index contributed by atoms with van der Waals surface area (Å²) in [6, 6.07) is 11.5. The second-order valence-electron chi connectivity index (χ2n) is 7.37. The van der Waals surface area contributed by atoms with Gasteiger partial charge in [0.1, 0.15) is 12.7 Å². The molecule has 1 amide bonds. The summed E-state index contributed by atoms with van der Waals surface area (Å²) in [5.74, 6) is 0.500. The van der Waals surface area contributed by atoms with Crippen molar-refractivity contribution < 1.29 is 24.5 Å². The number of carbonyl (C=O) groups is 1. The first-order chi connectivity index (χ1) is 15.4. The van der Waals surface area contributed by atoms with Crippen molar-refractivity contribution in [2.45, 2.75) is 32.3 Å². The Morgan fingerprint density at radius 3 is 2.69 bits per heavy atom. The first-order valence-electron chi connectivity index (χ1n) is 10.4. The molecule has 0 radical (unpaired) electrons. The molecule has 0 aromatic heterocycles. The Balaban J connectivity index is 1.60. The number of fused-ring (bicyclic) bond motifs is 1. The number of hydrogen-bond acceptors (Lipinski definition) is 7. The van der Waals surface area contributed by atoms with Crippen molar-refractivity contribution in [1.82, 2.24) is 4.90 Å². The van der Waals surface area contributed by atoms with Crippen LogP contribution in [-0.4, -0.2) is 52.7 Å². The van der Waals surface area contributed by atoms with Crippen molar-refractivity contribution in [2.24, 2.45) is 10.7 Å². The van der Waals surface area contributed by atoms with Crippen molar-refractivity contribution in [2.75, 3.05) is 19.7 Å². The van der Waals surface area contributed by atoms with E-state index in [1.54, 1.807) is 17.0 Å². The van der Waals surface area contributed by atoms with E-state index < -0.39 is 11.9 Å². The van der Waals surface area contributed by atoms with E-state index in [1.165, 1.54) is 6.07 Å². The van der Waals surface area contributed by atoms with Gasteiger partial charge in [-0.15, -0.1) is 0 Å². The normalized spacial score (nSPS) is 15.1. The number of para-hydroxylation sites is 2. The smallest absolute Gasteiger partial charge is 0.267 e. The van der Waals surface area contributed by atoms with E-state index in [4.69, 9.17) is 15.2 Å². The van der Waals surface area contributed by atoms with Gasteiger partial charge in [-0.2, -0.15) is 5.26 Å². The van der Waals surface area contributed by atoms with Gasteiger partial charge in [-0.05, 0) is 25.0 Å². The quantitative estimate of drug-likeness (QED) is 0.327. The molecule has 168 valence electrons. The molecule has 32 heavy (non-hydrogen) atoms. The molecule has 1 aliphatic rings. The predicted octanol–water partition coefficient (Wildman–Crippen LogP) is 2.82. The molecule has 1 atom stereocenters. The van der Waals surface area contributed by atoms with Crippen LogP contribution in [0.1, 0.15) is 31.7 Å². The molecule has 2 aromatic carbocycles. The second kappa shape index (κ2) is 10.4. The highest BCUT2D eigenvalue weighted by molar-refractivity contribution is 5.85. The number of hydrogen-bond donors (Lipinski definition) is 3. The van der Waals surface area contributed by atoms with Gasteiger partial charge < -0.3 is 30.3 Å². The lowest BCUT2D eigenvalue weighted by Crippen LogP contribution is -2.47. The summed E-state index contributed by atoms with van der Waals surface area (Å²) in [7, 11) is 0. The Morgan fingerprint density at radius 1 is 1.25 bits per heavy atom. The van der Waals surface area contributed by atoms with Crippen LogP contribution in [0.15, 0.2) is 41.4 Å². The third kappa shape index (κ3) is 5.40. The minimum absolute atomic E-state index is 0.0979. The highest BCUT2D eigenvalue weighted by Crippen LogP contribution is 2.33. The lowest BCUT2D eigenvalue weighted by Gasteiger charge is -2.30. The maximum absolute atomic E-state index is 13.0. The Labute approximate surface area is 186 Å². The summed E-state index contributed by atoms with van der Waals surface area (Å²) in [6.07, 6.45) is 1.01. The molecule has 1 aliphatic heterocycles. The number of ether oxygens (including phenoxy) is 2. The summed E-state index contributed by atoms with van der Waals surface area (Å²) in [5.41, 5.74) is 6.27. The average molecular weight is 438 g/mol. The van der Waals surface area contributed by atoms with Crippen molar-refractivity contribution in [3.05, 3.63) is 42.0 Å². The molecular formula is C23H26N4O5. The predicted molar refractivity (Wildman–Crippen MR) is 118 cm³/mol. The molecule has 0 fully saturated rings. The van der Waals surface area contributed by atoms with E-state index in [0.717, 1.165) is 12.5 Å². The fourth-order valence-corrected chi connectivity index (χ4v) is 3.36. The number of nitrogens with zero attached hydrogens (tertiary/aromatic N) is 3. The second-order valence-corrected chi connectivity index (χ2v) is 7.37. The molecule has 4 N–H and O–H groups in total. The standard InChI is InChI=1S/C23H26N4O5/c1-2-9-27(23(30)21-14-31-19-6-3-4-7-20(19)32-21)10-5-8-22(25)26-16-12-18(29)17(28)11-15(16)13-24/h3-4,6-7,11-12,21,28-29H,2,5,8-10,14H2,1H3,(H2,25,26). The van der Waals surface area contributed by atoms with Gasteiger partial charge in [0.2, 0.25) is 6.10 Å². The minimum Gasteiger partial charge on any atom is -0.504 e. The number of rotatable bonds is 8. The molecule has 2 aromatic rings. The number of phenolic OH excluding ortho intramolecular Hbond substituents is 2. The first kappa shape index (κ1) is 22.7. The van der Waals surface area contributed by atoms with Crippen LogP contribution in [0.3, 0.4) is 0 Å². The molecule has 0 aliphatic carbocycles. The van der Waals surface area contributed by atoms with Crippen LogP contribution >= 0.6 is 0 Å². The molecule has 9 nitrogen and oxygen atoms in total. The summed E-state index contributed by atoms with van der Waals surface area (Å²) in [4.78, 5) is 18.9. The summed E-state index contributed by atoms with van der Waals surface area (Å²) < 4.78 is 11.5. The number of carbonyl (C=O) groups excluding carboxylic acids is 1. The van der Waals surface area contributed by atoms with E-state index >= 15 is 0 Å². The fraction of sp³-hybridized carbons (Fsp3) is 0.348. The molecule has 0 saturated carbocycles. The number of phenols is 2. The van der Waals surface area contributed by atoms with Gasteiger partial charge in [0.25, 0.3) is 5.91 Å². The first-order valence-corrected chi connectivity index (χ1v) is 10.4. The summed E-state index contributed by atoms with van der Waals surface area (Å²) >= 11 is 0. The number of aliphatic imine (C=N–C) groups is 1. The highest BCUT2D eigenvalue weighted by atomic mass is 16.6. The van der Waals surface area contributed by atoms with Crippen molar-refractivity contribution >= 4 is 17.4 Å². The SMILES string of the molecule is CCCN(CCCC(N)=Nc1cc(O)c(O)cc1C#N)C(=O)C1COc2ccccc2O1. The largest absolute Gasteiger partial charge is 0.504 e. The Bertz CT molecular complexity index is 1050. The van der Waals surface area contributed by atoms with Gasteiger partial charge in [-0.3, -0.25) is 4.79 Å². The van der Waals surface area contributed by atoms with Crippen LogP contribution in [-0.2, 0) is 4.79 Å². The lowest BCUT2D eigenvalue weighted by molar-refractivity contribution is -0.141. The Hall–Kier alpha value is -3.93. The molecule has 1 heterocycles. The topological polar surface area (TPSA) is 141 Å². The zero-order chi connectivity index (χ0) is 23.1. The van der Waals surface area contributed by atoms with Crippen LogP contribution in [0, 0.1) is 11.3 Å². The van der Waals surface area contributed by atoms with Gasteiger partial charge in [0, 0.05) is 31.6 Å². The minimum atomic E-state index is -0.708. The van der Waals surface area contributed by atoms with E-state index in [2.05, 4.69) is 4.99 Å². The Kier molecular flexibility index (Phi) is 7.39. The molecule has 1 unspecified atom stereocenters. The van der Waals surface area contributed by atoms with Crippen LogP contribution < -0.4 is 15.2 Å². The van der Waals surface area contributed by atoms with E-state index in [-0.39, 0.29) is 35.4 Å². The van der Waals surface area contributed by atoms with Crippen LogP contribution in [0.5, 0.6) is 23.0 Å². The number of nitrogens with two attached hydrogens (primary N) is 1. The van der Waals surface area contributed by atoms with Crippen molar-refractivity contribution in [3.8, 4) is 29.1 Å². The number of nitriles is 1. The fourth-order valence-electron chi connectivity index (χ4n) is 3.36. The van der Waals surface area contributed by atoms with Crippen molar-refractivity contribution in [3.63, 3.8) is 0 Å². The van der Waals surface area contributed by atoms with Gasteiger partial charge in [-0.1, -0.05) is 19.1 Å². The zero-order valence-corrected chi connectivity index (χ0v) is 17.8. The third-order valence-corrected chi connectivity index (χ3v) is 4.93. The molecule has 3 rings (SSSR count). The lowest BCUT2D eigenvalue weighted by atomic mass is 10.1. The number of amidine groups is 1. The molecule has 0 bridgehead atoms. The van der Waals surface area contributed by atoms with Gasteiger partial charge >= 0.3 is 0 Å². The molecule has 0 spiro atoms.